The number of hydrogen-bond acceptors (Lipinski definition) is 4. The van der Waals surface area contributed by atoms with E-state index in [4.69, 9.17) is 0 Å². The van der Waals surface area contributed by atoms with E-state index in [1.54, 1.807) is 4.90 Å². The standard InChI is InChI=1S/C34H41N3O4/c1-24-12-8-9-15-26(24)23-37(31(38)20-21-36-33(40)28-18-10-11-19-29(28)34(36)41)30(22-25-13-4-2-5-14-25)32(39)35-27-16-6-3-7-17-27/h2,4-5,8-15,27-30H,3,6-7,16-23H2,1H3,(H,35,39)/t28-,29+,30?. The average molecular weight is 556 g/mol. The van der Waals surface area contributed by atoms with Crippen LogP contribution in [0.15, 0.2) is 66.7 Å². The molecular formula is C34H41N3O4. The minimum Gasteiger partial charge on any atom is -0.352 e. The topological polar surface area (TPSA) is 86.8 Å². The van der Waals surface area contributed by atoms with E-state index in [1.165, 1.54) is 11.3 Å². The van der Waals surface area contributed by atoms with Crippen LogP contribution in [0.25, 0.3) is 0 Å². The molecule has 1 aliphatic heterocycles. The van der Waals surface area contributed by atoms with Crippen LogP contribution in [0, 0.1) is 18.8 Å². The van der Waals surface area contributed by atoms with E-state index in [-0.39, 0.29) is 61.0 Å². The van der Waals surface area contributed by atoms with Crippen LogP contribution in [-0.2, 0) is 32.1 Å². The Hall–Kier alpha value is -3.74. The predicted molar refractivity (Wildman–Crippen MR) is 157 cm³/mol. The van der Waals surface area contributed by atoms with Crippen LogP contribution in [0.5, 0.6) is 0 Å². The molecule has 0 aromatic heterocycles. The lowest BCUT2D eigenvalue weighted by Crippen LogP contribution is -2.53. The van der Waals surface area contributed by atoms with Gasteiger partial charge in [0.25, 0.3) is 0 Å². The maximum Gasteiger partial charge on any atom is 0.243 e. The number of carbonyl (C=O) groups is 4. The number of rotatable bonds is 10. The summed E-state index contributed by atoms with van der Waals surface area (Å²) in [4.78, 5) is 57.1. The number of aryl methyl sites for hydroxylation is 1. The van der Waals surface area contributed by atoms with E-state index in [0.29, 0.717) is 19.3 Å². The van der Waals surface area contributed by atoms with Gasteiger partial charge in [0.05, 0.1) is 11.8 Å². The summed E-state index contributed by atoms with van der Waals surface area (Å²) in [5, 5.41) is 3.26. The smallest absolute Gasteiger partial charge is 0.243 e. The van der Waals surface area contributed by atoms with Gasteiger partial charge in [0.15, 0.2) is 0 Å². The molecular weight excluding hydrogens is 514 g/mol. The summed E-state index contributed by atoms with van der Waals surface area (Å²) in [5.74, 6) is -1.39. The quantitative estimate of drug-likeness (QED) is 0.339. The Labute approximate surface area is 243 Å². The number of fused-ring (bicyclic) bond motifs is 1. The summed E-state index contributed by atoms with van der Waals surface area (Å²) in [5.41, 5.74) is 2.98. The van der Waals surface area contributed by atoms with Crippen molar-refractivity contribution in [3.05, 3.63) is 83.4 Å². The normalized spacial score (nSPS) is 21.4. The maximum absolute atomic E-state index is 14.1. The van der Waals surface area contributed by atoms with Crippen LogP contribution in [0.2, 0.25) is 0 Å². The van der Waals surface area contributed by atoms with Gasteiger partial charge in [-0.2, -0.15) is 0 Å². The fraction of sp³-hybridized carbons (Fsp3) is 0.471. The number of carbonyl (C=O) groups excluding carboxylic acids is 4. The third-order valence-corrected chi connectivity index (χ3v) is 8.97. The highest BCUT2D eigenvalue weighted by atomic mass is 16.2. The Bertz CT molecular complexity index is 1260. The van der Waals surface area contributed by atoms with Crippen molar-refractivity contribution in [2.75, 3.05) is 6.54 Å². The van der Waals surface area contributed by atoms with Crippen molar-refractivity contribution < 1.29 is 19.2 Å². The molecule has 0 bridgehead atoms. The molecule has 0 spiro atoms. The van der Waals surface area contributed by atoms with E-state index >= 15 is 0 Å². The van der Waals surface area contributed by atoms with Gasteiger partial charge >= 0.3 is 0 Å². The fourth-order valence-corrected chi connectivity index (χ4v) is 6.51. The largest absolute Gasteiger partial charge is 0.352 e. The Kier molecular flexibility index (Phi) is 9.32. The molecule has 1 N–H and O–H groups in total. The minimum atomic E-state index is -0.719. The zero-order valence-electron chi connectivity index (χ0n) is 24.0. The van der Waals surface area contributed by atoms with Crippen LogP contribution in [0.3, 0.4) is 0 Å². The molecule has 2 aliphatic carbocycles. The van der Waals surface area contributed by atoms with E-state index < -0.39 is 6.04 Å². The number of benzene rings is 2. The Morgan fingerprint density at radius 2 is 1.54 bits per heavy atom. The fourth-order valence-electron chi connectivity index (χ4n) is 6.51. The van der Waals surface area contributed by atoms with Crippen LogP contribution in [0.4, 0.5) is 0 Å². The highest BCUT2D eigenvalue weighted by Crippen LogP contribution is 2.35. The molecule has 3 aliphatic rings. The lowest BCUT2D eigenvalue weighted by Gasteiger charge is -2.34. The summed E-state index contributed by atoms with van der Waals surface area (Å²) in [6.45, 7) is 2.32. The van der Waals surface area contributed by atoms with Crippen molar-refractivity contribution in [2.24, 2.45) is 11.8 Å². The van der Waals surface area contributed by atoms with E-state index in [9.17, 15) is 19.2 Å². The molecule has 1 saturated carbocycles. The number of likely N-dealkylation sites (tertiary alicyclic amines) is 1. The molecule has 0 radical (unpaired) electrons. The average Bonchev–Trinajstić information content (AvgIpc) is 3.24. The zero-order valence-corrected chi connectivity index (χ0v) is 24.0. The highest BCUT2D eigenvalue weighted by molar-refractivity contribution is 6.05. The number of hydrogen-bond donors (Lipinski definition) is 1. The first-order chi connectivity index (χ1) is 19.9. The van der Waals surface area contributed by atoms with Crippen molar-refractivity contribution in [3.63, 3.8) is 0 Å². The second-order valence-corrected chi connectivity index (χ2v) is 11.7. The Balaban J connectivity index is 1.39. The summed E-state index contributed by atoms with van der Waals surface area (Å²) < 4.78 is 0. The van der Waals surface area contributed by atoms with Crippen LogP contribution < -0.4 is 5.32 Å². The molecule has 2 fully saturated rings. The summed E-state index contributed by atoms with van der Waals surface area (Å²) >= 11 is 0. The number of amides is 4. The first kappa shape index (κ1) is 28.8. The third kappa shape index (κ3) is 6.77. The number of allylic oxidation sites excluding steroid dienone is 2. The lowest BCUT2D eigenvalue weighted by molar-refractivity contribution is -0.144. The second kappa shape index (κ2) is 13.3. The van der Waals surface area contributed by atoms with Gasteiger partial charge in [-0.05, 0) is 49.3 Å². The van der Waals surface area contributed by atoms with Crippen LogP contribution in [0.1, 0.15) is 68.1 Å². The molecule has 7 heteroatoms. The monoisotopic (exact) mass is 555 g/mol. The van der Waals surface area contributed by atoms with Gasteiger partial charge in [-0.25, -0.2) is 0 Å². The molecule has 2 aromatic rings. The van der Waals surface area contributed by atoms with Crippen molar-refractivity contribution >= 4 is 23.6 Å². The third-order valence-electron chi connectivity index (χ3n) is 8.97. The van der Waals surface area contributed by atoms with E-state index in [2.05, 4.69) is 5.32 Å². The number of nitrogens with one attached hydrogen (secondary N) is 1. The molecule has 216 valence electrons. The molecule has 41 heavy (non-hydrogen) atoms. The zero-order chi connectivity index (χ0) is 28.8. The van der Waals surface area contributed by atoms with Gasteiger partial charge in [0.2, 0.25) is 23.6 Å². The second-order valence-electron chi connectivity index (χ2n) is 11.7. The summed E-state index contributed by atoms with van der Waals surface area (Å²) in [6, 6.07) is 17.1. The predicted octanol–water partition coefficient (Wildman–Crippen LogP) is 4.73. The first-order valence-electron chi connectivity index (χ1n) is 15.1. The lowest BCUT2D eigenvalue weighted by atomic mass is 9.85. The van der Waals surface area contributed by atoms with Crippen molar-refractivity contribution in [2.45, 2.75) is 83.3 Å². The van der Waals surface area contributed by atoms with Crippen LogP contribution >= 0.6 is 0 Å². The summed E-state index contributed by atoms with van der Waals surface area (Å²) in [7, 11) is 0. The first-order valence-corrected chi connectivity index (χ1v) is 15.1. The SMILES string of the molecule is Cc1ccccc1CN(C(=O)CCN1C(=O)[C@H]2CC=CC[C@H]2C1=O)C(Cc1ccccc1)C(=O)NC1CCCCC1. The van der Waals surface area contributed by atoms with Gasteiger partial charge < -0.3 is 10.2 Å². The number of nitrogens with zero attached hydrogens (tertiary/aromatic N) is 2. The van der Waals surface area contributed by atoms with E-state index in [0.717, 1.165) is 42.4 Å². The van der Waals surface area contributed by atoms with Crippen LogP contribution in [-0.4, -0.2) is 52.1 Å². The Morgan fingerprint density at radius 3 is 2.20 bits per heavy atom. The molecule has 1 unspecified atom stereocenters. The van der Waals surface area contributed by atoms with E-state index in [1.807, 2.05) is 73.7 Å². The molecule has 4 amide bonds. The summed E-state index contributed by atoms with van der Waals surface area (Å²) in [6.07, 6.45) is 10.7. The molecule has 2 aromatic carbocycles. The minimum absolute atomic E-state index is 0.0156. The number of imide groups is 1. The highest BCUT2D eigenvalue weighted by Gasteiger charge is 2.47. The van der Waals surface area contributed by atoms with Gasteiger partial charge in [-0.1, -0.05) is 86.0 Å². The van der Waals surface area contributed by atoms with Gasteiger partial charge in [-0.15, -0.1) is 0 Å². The van der Waals surface area contributed by atoms with Crippen molar-refractivity contribution in [1.82, 2.24) is 15.1 Å². The van der Waals surface area contributed by atoms with Crippen molar-refractivity contribution in [1.29, 1.82) is 0 Å². The molecule has 5 rings (SSSR count). The molecule has 7 nitrogen and oxygen atoms in total. The molecule has 3 atom stereocenters. The molecule has 1 saturated heterocycles. The van der Waals surface area contributed by atoms with Gasteiger partial charge in [-0.3, -0.25) is 24.1 Å². The molecule has 1 heterocycles. The van der Waals surface area contributed by atoms with Crippen molar-refractivity contribution in [3.8, 4) is 0 Å². The van der Waals surface area contributed by atoms with Gasteiger partial charge in [0, 0.05) is 32.0 Å². The maximum atomic E-state index is 14.1. The van der Waals surface area contributed by atoms with Gasteiger partial charge in [0.1, 0.15) is 6.04 Å². The Morgan fingerprint density at radius 1 is 0.902 bits per heavy atom.